The summed E-state index contributed by atoms with van der Waals surface area (Å²) < 4.78 is 6.23. The summed E-state index contributed by atoms with van der Waals surface area (Å²) in [5.41, 5.74) is 1.58. The predicted octanol–water partition coefficient (Wildman–Crippen LogP) is 1.86. The molecule has 1 aromatic carbocycles. The Bertz CT molecular complexity index is 1100. The van der Waals surface area contributed by atoms with E-state index < -0.39 is 5.76 Å². The zero-order valence-corrected chi connectivity index (χ0v) is 13.3. The summed E-state index contributed by atoms with van der Waals surface area (Å²) in [6.45, 7) is 0. The number of carbonyl (C=O) groups excluding carboxylic acids is 1. The van der Waals surface area contributed by atoms with E-state index >= 15 is 0 Å². The fraction of sp³-hybridized carbons (Fsp3) is 0. The lowest BCUT2D eigenvalue weighted by molar-refractivity contribution is 0.102. The topological polar surface area (TPSA) is 119 Å². The van der Waals surface area contributed by atoms with E-state index in [0.29, 0.717) is 22.6 Å². The van der Waals surface area contributed by atoms with Crippen LogP contribution in [0, 0.1) is 0 Å². The SMILES string of the molecule is O=C(Nc1cccc(-c2noc(=O)[nH]2)c1)c1ccc(-n2ccnc2)nc1. The third kappa shape index (κ3) is 3.13. The molecule has 9 nitrogen and oxygen atoms in total. The van der Waals surface area contributed by atoms with E-state index in [0.717, 1.165) is 0 Å². The number of carbonyl (C=O) groups is 1. The number of imidazole rings is 1. The van der Waals surface area contributed by atoms with E-state index in [1.807, 2.05) is 0 Å². The van der Waals surface area contributed by atoms with Gasteiger partial charge in [-0.05, 0) is 24.3 Å². The van der Waals surface area contributed by atoms with E-state index in [4.69, 9.17) is 0 Å². The quantitative estimate of drug-likeness (QED) is 0.581. The maximum atomic E-state index is 12.4. The summed E-state index contributed by atoms with van der Waals surface area (Å²) in [6.07, 6.45) is 6.53. The molecule has 0 fully saturated rings. The summed E-state index contributed by atoms with van der Waals surface area (Å²) in [5.74, 6) is 0.00690. The second kappa shape index (κ2) is 6.48. The van der Waals surface area contributed by atoms with E-state index in [2.05, 4.69) is 29.9 Å². The normalized spacial score (nSPS) is 10.6. The standard InChI is InChI=1S/C17H12N6O3/c24-16(12-4-5-14(19-9-12)23-7-6-18-10-23)20-13-3-1-2-11(8-13)15-21-17(25)26-22-15/h1-10H,(H,20,24)(H,21,22,25). The molecular weight excluding hydrogens is 336 g/mol. The number of amides is 1. The van der Waals surface area contributed by atoms with Crippen LogP contribution in [0.4, 0.5) is 5.69 Å². The number of hydrogen-bond donors (Lipinski definition) is 2. The number of benzene rings is 1. The average Bonchev–Trinajstić information content (AvgIpc) is 3.34. The van der Waals surface area contributed by atoms with Crippen LogP contribution in [0.25, 0.3) is 17.2 Å². The number of hydrogen-bond acceptors (Lipinski definition) is 6. The number of aromatic amines is 1. The summed E-state index contributed by atoms with van der Waals surface area (Å²) in [5, 5.41) is 6.41. The molecule has 0 spiro atoms. The first-order chi connectivity index (χ1) is 12.7. The van der Waals surface area contributed by atoms with Crippen molar-refractivity contribution in [2.45, 2.75) is 0 Å². The van der Waals surface area contributed by atoms with Gasteiger partial charge in [-0.2, -0.15) is 0 Å². The molecule has 26 heavy (non-hydrogen) atoms. The molecule has 0 aliphatic rings. The first kappa shape index (κ1) is 15.5. The van der Waals surface area contributed by atoms with Gasteiger partial charge in [0.2, 0.25) is 0 Å². The lowest BCUT2D eigenvalue weighted by Gasteiger charge is -2.07. The summed E-state index contributed by atoms with van der Waals surface area (Å²) in [6, 6.07) is 10.3. The van der Waals surface area contributed by atoms with Crippen molar-refractivity contribution in [1.82, 2.24) is 24.7 Å². The molecule has 0 atom stereocenters. The van der Waals surface area contributed by atoms with Crippen LogP contribution in [-0.2, 0) is 0 Å². The monoisotopic (exact) mass is 348 g/mol. The molecule has 0 saturated heterocycles. The Labute approximate surface area is 146 Å². The van der Waals surface area contributed by atoms with Crippen LogP contribution in [-0.4, -0.2) is 30.6 Å². The van der Waals surface area contributed by atoms with Gasteiger partial charge in [0.05, 0.1) is 5.56 Å². The van der Waals surface area contributed by atoms with Crippen molar-refractivity contribution in [3.63, 3.8) is 0 Å². The van der Waals surface area contributed by atoms with Crippen LogP contribution in [0.3, 0.4) is 0 Å². The summed E-state index contributed by atoms with van der Waals surface area (Å²) in [7, 11) is 0. The minimum atomic E-state index is -0.640. The van der Waals surface area contributed by atoms with Crippen molar-refractivity contribution in [1.29, 1.82) is 0 Å². The number of H-pyrrole nitrogens is 1. The summed E-state index contributed by atoms with van der Waals surface area (Å²) >= 11 is 0. The van der Waals surface area contributed by atoms with Crippen molar-refractivity contribution >= 4 is 11.6 Å². The highest BCUT2D eigenvalue weighted by Gasteiger charge is 2.09. The molecule has 128 valence electrons. The van der Waals surface area contributed by atoms with Gasteiger partial charge in [-0.25, -0.2) is 14.8 Å². The van der Waals surface area contributed by atoms with Gasteiger partial charge in [0.15, 0.2) is 5.82 Å². The zero-order chi connectivity index (χ0) is 17.9. The minimum absolute atomic E-state index is 0.289. The fourth-order valence-electron chi connectivity index (χ4n) is 2.37. The van der Waals surface area contributed by atoms with Crippen molar-refractivity contribution in [2.24, 2.45) is 0 Å². The summed E-state index contributed by atoms with van der Waals surface area (Å²) in [4.78, 5) is 34.1. The van der Waals surface area contributed by atoms with E-state index in [1.54, 1.807) is 59.7 Å². The van der Waals surface area contributed by atoms with Gasteiger partial charge in [-0.3, -0.25) is 18.9 Å². The van der Waals surface area contributed by atoms with Crippen molar-refractivity contribution < 1.29 is 9.32 Å². The maximum Gasteiger partial charge on any atom is 0.439 e. The van der Waals surface area contributed by atoms with E-state index in [-0.39, 0.29) is 11.7 Å². The van der Waals surface area contributed by atoms with Gasteiger partial charge in [0.25, 0.3) is 5.91 Å². The Morgan fingerprint density at radius 2 is 2.15 bits per heavy atom. The molecule has 0 radical (unpaired) electrons. The average molecular weight is 348 g/mol. The molecule has 0 unspecified atom stereocenters. The minimum Gasteiger partial charge on any atom is -0.322 e. The smallest absolute Gasteiger partial charge is 0.322 e. The second-order valence-corrected chi connectivity index (χ2v) is 5.35. The molecule has 2 N–H and O–H groups in total. The molecule has 0 saturated carbocycles. The lowest BCUT2D eigenvalue weighted by atomic mass is 10.2. The molecule has 3 heterocycles. The van der Waals surface area contributed by atoms with Gasteiger partial charge in [0, 0.05) is 29.8 Å². The predicted molar refractivity (Wildman–Crippen MR) is 91.9 cm³/mol. The maximum absolute atomic E-state index is 12.4. The Balaban J connectivity index is 1.52. The zero-order valence-electron chi connectivity index (χ0n) is 13.3. The number of nitrogens with one attached hydrogen (secondary N) is 2. The molecule has 0 aliphatic heterocycles. The van der Waals surface area contributed by atoms with Gasteiger partial charge in [-0.1, -0.05) is 17.3 Å². The Hall–Kier alpha value is -4.01. The van der Waals surface area contributed by atoms with Crippen LogP contribution in [0.1, 0.15) is 10.4 Å². The largest absolute Gasteiger partial charge is 0.439 e. The highest BCUT2D eigenvalue weighted by molar-refractivity contribution is 6.04. The number of aromatic nitrogens is 5. The van der Waals surface area contributed by atoms with Gasteiger partial charge >= 0.3 is 5.76 Å². The Kier molecular flexibility index (Phi) is 3.86. The highest BCUT2D eigenvalue weighted by Crippen LogP contribution is 2.19. The fourth-order valence-corrected chi connectivity index (χ4v) is 2.37. The number of nitrogens with zero attached hydrogens (tertiary/aromatic N) is 4. The van der Waals surface area contributed by atoms with E-state index in [9.17, 15) is 9.59 Å². The van der Waals surface area contributed by atoms with Crippen molar-refractivity contribution in [3.05, 3.63) is 77.4 Å². The number of anilines is 1. The molecule has 0 bridgehead atoms. The van der Waals surface area contributed by atoms with Crippen LogP contribution >= 0.6 is 0 Å². The van der Waals surface area contributed by atoms with Gasteiger partial charge in [0.1, 0.15) is 12.1 Å². The first-order valence-corrected chi connectivity index (χ1v) is 7.61. The van der Waals surface area contributed by atoms with Crippen LogP contribution in [0.2, 0.25) is 0 Å². The third-order valence-corrected chi connectivity index (χ3v) is 3.61. The third-order valence-electron chi connectivity index (χ3n) is 3.61. The molecule has 9 heteroatoms. The van der Waals surface area contributed by atoms with Crippen LogP contribution in [0.15, 0.2) is 70.6 Å². The van der Waals surface area contributed by atoms with E-state index in [1.165, 1.54) is 6.20 Å². The molecule has 4 aromatic rings. The number of rotatable bonds is 4. The molecule has 4 rings (SSSR count). The lowest BCUT2D eigenvalue weighted by Crippen LogP contribution is -2.12. The van der Waals surface area contributed by atoms with Gasteiger partial charge in [-0.15, -0.1) is 0 Å². The van der Waals surface area contributed by atoms with Gasteiger partial charge < -0.3 is 5.32 Å². The van der Waals surface area contributed by atoms with Crippen molar-refractivity contribution in [2.75, 3.05) is 5.32 Å². The highest BCUT2D eigenvalue weighted by atomic mass is 16.5. The molecule has 3 aromatic heterocycles. The van der Waals surface area contributed by atoms with Crippen LogP contribution in [0.5, 0.6) is 0 Å². The number of pyridine rings is 1. The molecule has 0 aliphatic carbocycles. The second-order valence-electron chi connectivity index (χ2n) is 5.35. The van der Waals surface area contributed by atoms with Crippen LogP contribution < -0.4 is 11.1 Å². The van der Waals surface area contributed by atoms with Crippen molar-refractivity contribution in [3.8, 4) is 17.2 Å². The molecule has 1 amide bonds. The Morgan fingerprint density at radius 1 is 1.23 bits per heavy atom. The first-order valence-electron chi connectivity index (χ1n) is 7.61. The molecular formula is C17H12N6O3. The Morgan fingerprint density at radius 3 is 2.85 bits per heavy atom.